The van der Waals surface area contributed by atoms with Gasteiger partial charge in [-0.2, -0.15) is 0 Å². The summed E-state index contributed by atoms with van der Waals surface area (Å²) in [5, 5.41) is 3.22. The number of hydrogen-bond acceptors (Lipinski definition) is 5. The van der Waals surface area contributed by atoms with Gasteiger partial charge in [-0.1, -0.05) is 44.5 Å². The number of aromatic nitrogens is 4. The second-order valence-corrected chi connectivity index (χ2v) is 8.10. The number of fused-ring (bicyclic) bond motifs is 1. The average Bonchev–Trinajstić information content (AvgIpc) is 3.04. The number of carbonyl (C=O) groups is 2. The predicted molar refractivity (Wildman–Crippen MR) is 108 cm³/mol. The number of nitrogens with one attached hydrogen (secondary N) is 1. The topological polar surface area (TPSA) is 89.8 Å². The van der Waals surface area contributed by atoms with Crippen LogP contribution in [0.1, 0.15) is 38.1 Å². The fourth-order valence-corrected chi connectivity index (χ4v) is 3.06. The normalized spacial score (nSPS) is 12.8. The van der Waals surface area contributed by atoms with Crippen LogP contribution in [0.3, 0.4) is 0 Å². The molecule has 0 aliphatic rings. The molecule has 1 atom stereocenters. The molecule has 1 aromatic carbocycles. The molecule has 0 saturated carbocycles. The highest BCUT2D eigenvalue weighted by Crippen LogP contribution is 2.30. The van der Waals surface area contributed by atoms with Crippen LogP contribution in [0.5, 0.6) is 0 Å². The Balaban J connectivity index is 2.09. The summed E-state index contributed by atoms with van der Waals surface area (Å²) in [6, 6.07) is 4.19. The van der Waals surface area contributed by atoms with Crippen molar-refractivity contribution in [2.75, 3.05) is 5.32 Å². The van der Waals surface area contributed by atoms with E-state index in [0.29, 0.717) is 27.6 Å². The molecule has 2 heterocycles. The molecule has 1 amide bonds. The third-order valence-corrected chi connectivity index (χ3v) is 5.01. The van der Waals surface area contributed by atoms with Crippen molar-refractivity contribution in [3.8, 4) is 0 Å². The first-order valence-corrected chi connectivity index (χ1v) is 9.23. The number of halogens is 1. The standard InChI is InChI=1S/C20H22ClN5O2/c1-11-7-6-8-13(14(11)21)25-19(28)16(17(27)20(3,4)5)26-10-24-15-12(2)22-9-23-18(15)26/h6-10,16H,1-5H3,(H,25,28). The highest BCUT2D eigenvalue weighted by atomic mass is 35.5. The van der Waals surface area contributed by atoms with E-state index in [9.17, 15) is 9.59 Å². The van der Waals surface area contributed by atoms with Gasteiger partial charge in [-0.15, -0.1) is 0 Å². The zero-order chi connectivity index (χ0) is 20.6. The molecule has 0 fully saturated rings. The third-order valence-electron chi connectivity index (χ3n) is 4.51. The van der Waals surface area contributed by atoms with Crippen molar-refractivity contribution in [2.45, 2.75) is 40.7 Å². The van der Waals surface area contributed by atoms with Crippen LogP contribution in [0, 0.1) is 19.3 Å². The van der Waals surface area contributed by atoms with Gasteiger partial charge >= 0.3 is 0 Å². The van der Waals surface area contributed by atoms with Crippen LogP contribution in [-0.4, -0.2) is 31.2 Å². The van der Waals surface area contributed by atoms with Crippen LogP contribution >= 0.6 is 11.6 Å². The van der Waals surface area contributed by atoms with Crippen LogP contribution in [-0.2, 0) is 9.59 Å². The second kappa shape index (κ2) is 7.31. The van der Waals surface area contributed by atoms with E-state index in [4.69, 9.17) is 11.6 Å². The average molecular weight is 400 g/mol. The molecule has 2 aromatic heterocycles. The summed E-state index contributed by atoms with van der Waals surface area (Å²) in [6.45, 7) is 8.96. The van der Waals surface area contributed by atoms with Gasteiger partial charge in [0.1, 0.15) is 11.8 Å². The molecule has 1 unspecified atom stereocenters. The van der Waals surface area contributed by atoms with E-state index in [1.165, 1.54) is 17.2 Å². The Bertz CT molecular complexity index is 1070. The molecule has 3 aromatic rings. The molecule has 0 bridgehead atoms. The zero-order valence-corrected chi connectivity index (χ0v) is 17.2. The largest absolute Gasteiger partial charge is 0.323 e. The lowest BCUT2D eigenvalue weighted by Crippen LogP contribution is -2.38. The Morgan fingerprint density at radius 3 is 2.54 bits per heavy atom. The molecule has 0 aliphatic carbocycles. The first-order chi connectivity index (χ1) is 13.1. The Morgan fingerprint density at radius 1 is 1.14 bits per heavy atom. The monoisotopic (exact) mass is 399 g/mol. The van der Waals surface area contributed by atoms with E-state index in [1.807, 2.05) is 13.0 Å². The van der Waals surface area contributed by atoms with Crippen LogP contribution < -0.4 is 5.32 Å². The quantitative estimate of drug-likeness (QED) is 0.672. The van der Waals surface area contributed by atoms with Gasteiger partial charge < -0.3 is 5.32 Å². The lowest BCUT2D eigenvalue weighted by atomic mass is 9.86. The van der Waals surface area contributed by atoms with Crippen molar-refractivity contribution in [1.29, 1.82) is 0 Å². The number of anilines is 1. The number of benzene rings is 1. The minimum Gasteiger partial charge on any atom is -0.323 e. The van der Waals surface area contributed by atoms with Crippen molar-refractivity contribution < 1.29 is 9.59 Å². The minimum atomic E-state index is -1.14. The number of aryl methyl sites for hydroxylation is 2. The van der Waals surface area contributed by atoms with Crippen molar-refractivity contribution in [2.24, 2.45) is 5.41 Å². The van der Waals surface area contributed by atoms with Crippen LogP contribution in [0.15, 0.2) is 30.9 Å². The molecule has 146 valence electrons. The molecule has 0 radical (unpaired) electrons. The SMILES string of the molecule is Cc1cccc(NC(=O)C(C(=O)C(C)(C)C)n2cnc3c(C)ncnc32)c1Cl. The minimum absolute atomic E-state index is 0.260. The fraction of sp³-hybridized carbons (Fsp3) is 0.350. The molecule has 0 aliphatic heterocycles. The second-order valence-electron chi connectivity index (χ2n) is 7.73. The molecule has 7 nitrogen and oxygen atoms in total. The first kappa shape index (κ1) is 19.9. The zero-order valence-electron chi connectivity index (χ0n) is 16.4. The van der Waals surface area contributed by atoms with Gasteiger partial charge in [0, 0.05) is 5.41 Å². The number of nitrogens with zero attached hydrogens (tertiary/aromatic N) is 4. The molecule has 28 heavy (non-hydrogen) atoms. The summed E-state index contributed by atoms with van der Waals surface area (Å²) in [5.74, 6) is -0.757. The Morgan fingerprint density at radius 2 is 1.86 bits per heavy atom. The van der Waals surface area contributed by atoms with Crippen LogP contribution in [0.4, 0.5) is 5.69 Å². The number of Topliss-reactive ketones (excluding diaryl/α,β-unsaturated/α-hetero) is 1. The molecular formula is C20H22ClN5O2. The van der Waals surface area contributed by atoms with Crippen LogP contribution in [0.25, 0.3) is 11.2 Å². The molecule has 3 rings (SSSR count). The molecule has 1 N–H and O–H groups in total. The Kier molecular flexibility index (Phi) is 5.21. The van der Waals surface area contributed by atoms with Crippen LogP contribution in [0.2, 0.25) is 5.02 Å². The highest BCUT2D eigenvalue weighted by molar-refractivity contribution is 6.34. The van der Waals surface area contributed by atoms with E-state index in [-0.39, 0.29) is 5.78 Å². The lowest BCUT2D eigenvalue weighted by Gasteiger charge is -2.25. The Labute approximate surface area is 168 Å². The number of imidazole rings is 1. The van der Waals surface area contributed by atoms with E-state index >= 15 is 0 Å². The van der Waals surface area contributed by atoms with Crippen molar-refractivity contribution in [1.82, 2.24) is 19.5 Å². The van der Waals surface area contributed by atoms with Crippen molar-refractivity contribution >= 4 is 40.1 Å². The first-order valence-electron chi connectivity index (χ1n) is 8.85. The summed E-state index contributed by atoms with van der Waals surface area (Å²) in [4.78, 5) is 39.1. The fourth-order valence-electron chi connectivity index (χ4n) is 2.88. The van der Waals surface area contributed by atoms with Gasteiger partial charge in [-0.3, -0.25) is 14.2 Å². The summed E-state index contributed by atoms with van der Waals surface area (Å²) >= 11 is 6.31. The Hall–Kier alpha value is -2.80. The lowest BCUT2D eigenvalue weighted by molar-refractivity contribution is -0.135. The highest BCUT2D eigenvalue weighted by Gasteiger charge is 2.37. The van der Waals surface area contributed by atoms with Gasteiger partial charge in [-0.25, -0.2) is 15.0 Å². The molecule has 0 saturated heterocycles. The number of hydrogen-bond donors (Lipinski definition) is 1. The van der Waals surface area contributed by atoms with Crippen molar-refractivity contribution in [3.63, 3.8) is 0 Å². The molecule has 8 heteroatoms. The van der Waals surface area contributed by atoms with E-state index < -0.39 is 17.4 Å². The summed E-state index contributed by atoms with van der Waals surface area (Å²) in [6.07, 6.45) is 2.85. The number of amides is 1. The molecule has 0 spiro atoms. The molecular weight excluding hydrogens is 378 g/mol. The third kappa shape index (κ3) is 3.62. The van der Waals surface area contributed by atoms with Gasteiger partial charge in [0.15, 0.2) is 17.5 Å². The number of rotatable bonds is 4. The van der Waals surface area contributed by atoms with E-state index in [2.05, 4.69) is 20.3 Å². The number of ketones is 1. The number of carbonyl (C=O) groups excluding carboxylic acids is 2. The van der Waals surface area contributed by atoms with E-state index in [0.717, 1.165) is 5.56 Å². The maximum absolute atomic E-state index is 13.2. The van der Waals surface area contributed by atoms with Gasteiger partial charge in [0.25, 0.3) is 5.91 Å². The summed E-state index contributed by atoms with van der Waals surface area (Å²) in [7, 11) is 0. The van der Waals surface area contributed by atoms with Gasteiger partial charge in [0.05, 0.1) is 22.7 Å². The summed E-state index contributed by atoms with van der Waals surface area (Å²) in [5.41, 5.74) is 2.18. The van der Waals surface area contributed by atoms with E-state index in [1.54, 1.807) is 39.8 Å². The predicted octanol–water partition coefficient (Wildman–Crippen LogP) is 3.89. The maximum atomic E-state index is 13.2. The van der Waals surface area contributed by atoms with Gasteiger partial charge in [-0.05, 0) is 25.5 Å². The maximum Gasteiger partial charge on any atom is 0.255 e. The van der Waals surface area contributed by atoms with Gasteiger partial charge in [0.2, 0.25) is 0 Å². The van der Waals surface area contributed by atoms with Crippen molar-refractivity contribution in [3.05, 3.63) is 47.1 Å². The summed E-state index contributed by atoms with van der Waals surface area (Å²) < 4.78 is 1.50. The smallest absolute Gasteiger partial charge is 0.255 e.